The molecule has 3 aromatic rings. The number of aromatic nitrogens is 1. The molecule has 2 aromatic carbocycles. The normalized spacial score (nSPS) is 16.9. The average molecular weight is 566 g/mol. The van der Waals surface area contributed by atoms with Gasteiger partial charge in [0.1, 0.15) is 0 Å². The zero-order valence-electron chi connectivity index (χ0n) is 21.6. The van der Waals surface area contributed by atoms with Gasteiger partial charge in [-0.25, -0.2) is 4.79 Å². The number of halogens is 6. The molecule has 2 fully saturated rings. The van der Waals surface area contributed by atoms with E-state index in [2.05, 4.69) is 4.98 Å². The molecule has 11 heteroatoms. The number of likely N-dealkylation sites (tertiary alicyclic amines) is 1. The van der Waals surface area contributed by atoms with Crippen LogP contribution in [0, 0.1) is 11.8 Å². The summed E-state index contributed by atoms with van der Waals surface area (Å²) in [5.74, 6) is 1.26. The minimum Gasteiger partial charge on any atom is -0.328 e. The Balaban J connectivity index is 1.47. The number of amides is 2. The van der Waals surface area contributed by atoms with E-state index in [1.165, 1.54) is 30.0 Å². The van der Waals surface area contributed by atoms with Crippen LogP contribution in [0.3, 0.4) is 0 Å². The van der Waals surface area contributed by atoms with E-state index in [9.17, 15) is 35.9 Å². The Hall–Kier alpha value is -3.50. The van der Waals surface area contributed by atoms with E-state index in [1.807, 2.05) is 0 Å². The summed E-state index contributed by atoms with van der Waals surface area (Å²) in [6, 6.07) is 7.47. The lowest BCUT2D eigenvalue weighted by Gasteiger charge is -2.36. The van der Waals surface area contributed by atoms with Crippen LogP contribution in [0.2, 0.25) is 0 Å². The molecule has 0 atom stereocenters. The lowest BCUT2D eigenvalue weighted by Crippen LogP contribution is -2.46. The number of nitrogens with zero attached hydrogens (tertiary/aromatic N) is 2. The third-order valence-corrected chi connectivity index (χ3v) is 7.78. The van der Waals surface area contributed by atoms with Crippen LogP contribution < -0.4 is 5.56 Å². The number of aromatic amines is 1. The lowest BCUT2D eigenvalue weighted by molar-refractivity contribution is -0.143. The van der Waals surface area contributed by atoms with Crippen LogP contribution in [0.4, 0.5) is 31.1 Å². The second-order valence-electron chi connectivity index (χ2n) is 10.9. The van der Waals surface area contributed by atoms with Crippen molar-refractivity contribution < 1.29 is 31.1 Å². The monoisotopic (exact) mass is 565 g/mol. The number of hydrogen-bond donors (Lipinski definition) is 1. The first kappa shape index (κ1) is 28.0. The first-order valence-electron chi connectivity index (χ1n) is 13.3. The van der Waals surface area contributed by atoms with Gasteiger partial charge < -0.3 is 14.8 Å². The molecular weight excluding hydrogens is 536 g/mol. The molecule has 1 aromatic heterocycles. The van der Waals surface area contributed by atoms with Crippen molar-refractivity contribution in [3.05, 3.63) is 81.3 Å². The topological polar surface area (TPSA) is 56.4 Å². The van der Waals surface area contributed by atoms with Gasteiger partial charge in [0.25, 0.3) is 0 Å². The Morgan fingerprint density at radius 2 is 1.50 bits per heavy atom. The van der Waals surface area contributed by atoms with Gasteiger partial charge >= 0.3 is 18.4 Å². The van der Waals surface area contributed by atoms with Crippen molar-refractivity contribution in [3.8, 4) is 0 Å². The second kappa shape index (κ2) is 10.8. The molecule has 0 unspecified atom stereocenters. The zero-order chi connectivity index (χ0) is 28.7. The largest absolute Gasteiger partial charge is 0.416 e. The molecule has 2 amide bonds. The summed E-state index contributed by atoms with van der Waals surface area (Å²) >= 11 is 0. The van der Waals surface area contributed by atoms with E-state index in [4.69, 9.17) is 0 Å². The van der Waals surface area contributed by atoms with Gasteiger partial charge in [0.15, 0.2) is 0 Å². The van der Waals surface area contributed by atoms with Crippen molar-refractivity contribution in [1.82, 2.24) is 14.8 Å². The molecule has 214 valence electrons. The number of rotatable bonds is 6. The van der Waals surface area contributed by atoms with Gasteiger partial charge in [-0.05, 0) is 71.2 Å². The zero-order valence-corrected chi connectivity index (χ0v) is 21.6. The van der Waals surface area contributed by atoms with E-state index < -0.39 is 36.1 Å². The second-order valence-corrected chi connectivity index (χ2v) is 10.9. The van der Waals surface area contributed by atoms with E-state index >= 15 is 0 Å². The molecule has 0 spiro atoms. The lowest BCUT2D eigenvalue weighted by atomic mass is 9.91. The number of pyridine rings is 1. The molecule has 0 bridgehead atoms. The molecule has 5 rings (SSSR count). The highest BCUT2D eigenvalue weighted by Crippen LogP contribution is 2.39. The van der Waals surface area contributed by atoms with Gasteiger partial charge in [0.05, 0.1) is 11.1 Å². The van der Waals surface area contributed by atoms with Gasteiger partial charge in [-0.3, -0.25) is 4.79 Å². The number of alkyl halides is 6. The maximum atomic E-state index is 13.8. The highest BCUT2D eigenvalue weighted by atomic mass is 19.4. The summed E-state index contributed by atoms with van der Waals surface area (Å²) in [6.07, 6.45) is -3.27. The Labute approximate surface area is 226 Å². The van der Waals surface area contributed by atoms with Crippen LogP contribution in [0.25, 0.3) is 10.8 Å². The summed E-state index contributed by atoms with van der Waals surface area (Å²) < 4.78 is 81.1. The summed E-state index contributed by atoms with van der Waals surface area (Å²) in [5, 5.41) is 1.23. The fraction of sp³-hybridized carbons (Fsp3) is 0.448. The van der Waals surface area contributed by atoms with E-state index in [0.29, 0.717) is 47.5 Å². The van der Waals surface area contributed by atoms with Crippen molar-refractivity contribution in [2.24, 2.45) is 11.8 Å². The van der Waals surface area contributed by atoms with Crippen LogP contribution in [0.5, 0.6) is 0 Å². The molecule has 5 nitrogen and oxygen atoms in total. The maximum absolute atomic E-state index is 13.8. The minimum absolute atomic E-state index is 0.0806. The quantitative estimate of drug-likeness (QED) is 0.322. The third kappa shape index (κ3) is 6.62. The average Bonchev–Trinajstić information content (AvgIpc) is 3.71. The fourth-order valence-electron chi connectivity index (χ4n) is 5.51. The van der Waals surface area contributed by atoms with Gasteiger partial charge in [0.2, 0.25) is 5.56 Å². The van der Waals surface area contributed by atoms with Crippen molar-refractivity contribution in [2.45, 2.75) is 57.5 Å². The molecule has 2 aliphatic rings. The molecule has 0 radical (unpaired) electrons. The van der Waals surface area contributed by atoms with Crippen LogP contribution in [0.15, 0.2) is 53.5 Å². The standard InChI is InChI=1S/C29H29F6N3O2/c30-28(31,32)23-11-20(12-24(13-23)29(33,34)35)16-38(17-22-3-1-2-21-15-36-26(39)14-25(21)22)27(40)37-8-6-19(7-9-37)10-18-4-5-18/h1-3,11-15,18-19H,4-10,16-17H2,(H,36,39). The van der Waals surface area contributed by atoms with Crippen LogP contribution in [0.1, 0.15) is 54.4 Å². The molecule has 1 aliphatic carbocycles. The van der Waals surface area contributed by atoms with Gasteiger partial charge in [-0.1, -0.05) is 31.0 Å². The molecule has 2 heterocycles. The van der Waals surface area contributed by atoms with Crippen molar-refractivity contribution in [1.29, 1.82) is 0 Å². The highest BCUT2D eigenvalue weighted by molar-refractivity contribution is 5.85. The Morgan fingerprint density at radius 3 is 2.10 bits per heavy atom. The van der Waals surface area contributed by atoms with Crippen molar-refractivity contribution >= 4 is 16.8 Å². The predicted octanol–water partition coefficient (Wildman–Crippen LogP) is 7.20. The van der Waals surface area contributed by atoms with Crippen LogP contribution >= 0.6 is 0 Å². The highest BCUT2D eigenvalue weighted by Gasteiger charge is 2.37. The minimum atomic E-state index is -5.00. The summed E-state index contributed by atoms with van der Waals surface area (Å²) in [7, 11) is 0. The Kier molecular flexibility index (Phi) is 7.58. The number of piperidine rings is 1. The Bertz CT molecular complexity index is 1400. The smallest absolute Gasteiger partial charge is 0.328 e. The van der Waals surface area contributed by atoms with Gasteiger partial charge in [-0.15, -0.1) is 0 Å². The summed E-state index contributed by atoms with van der Waals surface area (Å²) in [6.45, 7) is 0.378. The van der Waals surface area contributed by atoms with Crippen LogP contribution in [-0.2, 0) is 25.4 Å². The fourth-order valence-corrected chi connectivity index (χ4v) is 5.51. The van der Waals surface area contributed by atoms with E-state index in [1.54, 1.807) is 23.1 Å². The number of fused-ring (bicyclic) bond motifs is 1. The number of H-pyrrole nitrogens is 1. The van der Waals surface area contributed by atoms with E-state index in [0.717, 1.165) is 25.2 Å². The number of benzene rings is 2. The number of carbonyl (C=O) groups is 1. The maximum Gasteiger partial charge on any atom is 0.416 e. The van der Waals surface area contributed by atoms with Gasteiger partial charge in [0, 0.05) is 38.4 Å². The molecule has 1 aliphatic heterocycles. The molecule has 1 saturated heterocycles. The van der Waals surface area contributed by atoms with Crippen molar-refractivity contribution in [2.75, 3.05) is 13.1 Å². The summed E-state index contributed by atoms with van der Waals surface area (Å²) in [4.78, 5) is 31.2. The molecule has 1 N–H and O–H groups in total. The number of urea groups is 1. The van der Waals surface area contributed by atoms with Crippen molar-refractivity contribution in [3.63, 3.8) is 0 Å². The number of hydrogen-bond acceptors (Lipinski definition) is 2. The molecule has 40 heavy (non-hydrogen) atoms. The van der Waals surface area contributed by atoms with Gasteiger partial charge in [-0.2, -0.15) is 26.3 Å². The molecular formula is C29H29F6N3O2. The first-order chi connectivity index (χ1) is 18.9. The summed E-state index contributed by atoms with van der Waals surface area (Å²) in [5.41, 5.74) is -2.95. The number of nitrogens with one attached hydrogen (secondary N) is 1. The third-order valence-electron chi connectivity index (χ3n) is 7.78. The SMILES string of the molecule is O=C(N1CCC(CC2CC2)CC1)N(Cc1cc(C(F)(F)F)cc(C(F)(F)F)c1)Cc1cccc2c[nH]c(=O)cc12. The van der Waals surface area contributed by atoms with Crippen LogP contribution in [-0.4, -0.2) is 33.9 Å². The van der Waals surface area contributed by atoms with E-state index in [-0.39, 0.29) is 23.7 Å². The molecule has 1 saturated carbocycles. The Morgan fingerprint density at radius 1 is 0.875 bits per heavy atom. The predicted molar refractivity (Wildman–Crippen MR) is 137 cm³/mol. The first-order valence-corrected chi connectivity index (χ1v) is 13.3. The number of carbonyl (C=O) groups excluding carboxylic acids is 1.